The van der Waals surface area contributed by atoms with E-state index in [-0.39, 0.29) is 40.9 Å². The van der Waals surface area contributed by atoms with Crippen LogP contribution in [-0.2, 0) is 16.0 Å². The summed E-state index contributed by atoms with van der Waals surface area (Å²) in [6.07, 6.45) is -0.671. The van der Waals surface area contributed by atoms with Crippen LogP contribution in [0.1, 0.15) is 34.7 Å². The van der Waals surface area contributed by atoms with E-state index in [1.54, 1.807) is 0 Å². The highest BCUT2D eigenvalue weighted by Gasteiger charge is 2.27. The molecule has 3 aromatic rings. The number of hydrogen-bond acceptors (Lipinski definition) is 5. The highest BCUT2D eigenvalue weighted by atomic mass is 19.2. The maximum Gasteiger partial charge on any atom is 0.306 e. The van der Waals surface area contributed by atoms with Gasteiger partial charge >= 0.3 is 5.97 Å². The summed E-state index contributed by atoms with van der Waals surface area (Å²) < 4.78 is 45.6. The van der Waals surface area contributed by atoms with Gasteiger partial charge in [0.05, 0.1) is 18.5 Å². The number of halogens is 3. The van der Waals surface area contributed by atoms with Gasteiger partial charge in [-0.05, 0) is 17.2 Å². The van der Waals surface area contributed by atoms with Crippen LogP contribution in [0, 0.1) is 27.6 Å². The Balaban J connectivity index is 2.11. The third-order valence-corrected chi connectivity index (χ3v) is 4.78. The van der Waals surface area contributed by atoms with Crippen LogP contribution in [0.4, 0.5) is 18.9 Å². The van der Waals surface area contributed by atoms with E-state index in [1.165, 1.54) is 24.3 Å². The number of nitro groups is 1. The molecule has 0 amide bonds. The Kier molecular flexibility index (Phi) is 6.23. The summed E-state index contributed by atoms with van der Waals surface area (Å²) in [5.74, 6) is -5.32. The highest BCUT2D eigenvalue weighted by Crippen LogP contribution is 2.31. The van der Waals surface area contributed by atoms with E-state index in [2.05, 4.69) is 14.9 Å². The van der Waals surface area contributed by atoms with E-state index in [1.807, 2.05) is 0 Å². The molecule has 0 saturated carbocycles. The van der Waals surface area contributed by atoms with E-state index >= 15 is 0 Å². The summed E-state index contributed by atoms with van der Waals surface area (Å²) in [6, 6.07) is 6.41. The molecule has 11 heteroatoms. The van der Waals surface area contributed by atoms with Crippen molar-refractivity contribution < 1.29 is 27.6 Å². The Labute approximate surface area is 172 Å². The minimum absolute atomic E-state index is 0.00460. The van der Waals surface area contributed by atoms with Gasteiger partial charge in [-0.15, -0.1) is 0 Å². The monoisotopic (exact) mass is 435 g/mol. The predicted octanol–water partition coefficient (Wildman–Crippen LogP) is 3.31. The van der Waals surface area contributed by atoms with Crippen molar-refractivity contribution in [2.75, 3.05) is 7.11 Å². The number of nitrogens with one attached hydrogen (secondary N) is 2. The van der Waals surface area contributed by atoms with Crippen molar-refractivity contribution >= 4 is 11.7 Å². The molecule has 0 fully saturated rings. The molecule has 3 rings (SSSR count). The molecule has 1 heterocycles. The van der Waals surface area contributed by atoms with Crippen LogP contribution >= 0.6 is 0 Å². The standard InChI is InChI=1S/C20H16F3N3O5/c1-31-18(27)8-13(10-3-2-4-12(5-10)26(29)30)19-17(24-25-20(19)28)7-11-6-15(22)16(23)9-14(11)21/h2-6,9,13H,7-8H2,1H3,(H2,24,25,28). The molecule has 0 aliphatic heterocycles. The minimum Gasteiger partial charge on any atom is -0.469 e. The molecule has 0 saturated heterocycles. The second-order valence-electron chi connectivity index (χ2n) is 6.69. The molecule has 0 aliphatic carbocycles. The van der Waals surface area contributed by atoms with Crippen LogP contribution in [0.25, 0.3) is 0 Å². The molecule has 0 spiro atoms. The number of H-pyrrole nitrogens is 2. The lowest BCUT2D eigenvalue weighted by Gasteiger charge is -2.16. The second kappa shape index (κ2) is 8.86. The number of benzene rings is 2. The molecule has 0 bridgehead atoms. The summed E-state index contributed by atoms with van der Waals surface area (Å²) in [5.41, 5.74) is -0.765. The molecule has 2 aromatic carbocycles. The van der Waals surface area contributed by atoms with Crippen molar-refractivity contribution in [3.63, 3.8) is 0 Å². The second-order valence-corrected chi connectivity index (χ2v) is 6.69. The van der Waals surface area contributed by atoms with Crippen molar-refractivity contribution in [3.05, 3.63) is 96.7 Å². The van der Waals surface area contributed by atoms with E-state index in [0.717, 1.165) is 7.11 Å². The Morgan fingerprint density at radius 3 is 2.52 bits per heavy atom. The van der Waals surface area contributed by atoms with Crippen molar-refractivity contribution in [1.29, 1.82) is 0 Å². The van der Waals surface area contributed by atoms with Gasteiger partial charge in [-0.25, -0.2) is 13.2 Å². The fraction of sp³-hybridized carbons (Fsp3) is 0.200. The summed E-state index contributed by atoms with van der Waals surface area (Å²) in [4.78, 5) is 35.1. The molecule has 162 valence electrons. The van der Waals surface area contributed by atoms with Gasteiger partial charge in [-0.2, -0.15) is 0 Å². The number of rotatable bonds is 7. The van der Waals surface area contributed by atoms with E-state index in [4.69, 9.17) is 0 Å². The number of ether oxygens (including phenoxy) is 1. The van der Waals surface area contributed by atoms with Crippen LogP contribution < -0.4 is 5.56 Å². The van der Waals surface area contributed by atoms with Gasteiger partial charge in [-0.3, -0.25) is 24.8 Å². The lowest BCUT2D eigenvalue weighted by molar-refractivity contribution is -0.384. The maximum atomic E-state index is 14.1. The number of methoxy groups -OCH3 is 1. The highest BCUT2D eigenvalue weighted by molar-refractivity contribution is 5.71. The fourth-order valence-electron chi connectivity index (χ4n) is 3.29. The zero-order chi connectivity index (χ0) is 22.7. The van der Waals surface area contributed by atoms with Crippen molar-refractivity contribution in [1.82, 2.24) is 10.2 Å². The Hall–Kier alpha value is -3.89. The smallest absolute Gasteiger partial charge is 0.306 e. The van der Waals surface area contributed by atoms with E-state index < -0.39 is 39.8 Å². The zero-order valence-corrected chi connectivity index (χ0v) is 16.1. The first-order valence-electron chi connectivity index (χ1n) is 8.95. The minimum atomic E-state index is -1.36. The summed E-state index contributed by atoms with van der Waals surface area (Å²) in [5, 5.41) is 16.0. The number of hydrogen-bond donors (Lipinski definition) is 2. The van der Waals surface area contributed by atoms with Crippen molar-refractivity contribution in [3.8, 4) is 0 Å². The number of aromatic amines is 2. The van der Waals surface area contributed by atoms with Crippen LogP contribution in [0.3, 0.4) is 0 Å². The number of aromatic nitrogens is 2. The summed E-state index contributed by atoms with van der Waals surface area (Å²) in [7, 11) is 1.14. The molecule has 1 unspecified atom stereocenters. The molecular formula is C20H16F3N3O5. The summed E-state index contributed by atoms with van der Waals surface area (Å²) in [6.45, 7) is 0. The number of carbonyl (C=O) groups excluding carboxylic acids is 1. The summed E-state index contributed by atoms with van der Waals surface area (Å²) >= 11 is 0. The molecule has 31 heavy (non-hydrogen) atoms. The lowest BCUT2D eigenvalue weighted by Crippen LogP contribution is -2.18. The largest absolute Gasteiger partial charge is 0.469 e. The van der Waals surface area contributed by atoms with Gasteiger partial charge in [0, 0.05) is 41.8 Å². The molecule has 2 N–H and O–H groups in total. The number of nitrogens with zero attached hydrogens (tertiary/aromatic N) is 1. The van der Waals surface area contributed by atoms with Crippen LogP contribution in [0.15, 0.2) is 41.2 Å². The first-order chi connectivity index (χ1) is 14.7. The van der Waals surface area contributed by atoms with E-state index in [9.17, 15) is 32.9 Å². The molecule has 0 aliphatic rings. The Morgan fingerprint density at radius 2 is 1.84 bits per heavy atom. The molecule has 1 atom stereocenters. The van der Waals surface area contributed by atoms with Gasteiger partial charge in [-0.1, -0.05) is 12.1 Å². The van der Waals surface area contributed by atoms with Gasteiger partial charge in [0.25, 0.3) is 11.2 Å². The van der Waals surface area contributed by atoms with Gasteiger partial charge in [0.2, 0.25) is 0 Å². The zero-order valence-electron chi connectivity index (χ0n) is 16.1. The average Bonchev–Trinajstić information content (AvgIpc) is 3.09. The van der Waals surface area contributed by atoms with E-state index in [0.29, 0.717) is 12.1 Å². The van der Waals surface area contributed by atoms with Crippen molar-refractivity contribution in [2.24, 2.45) is 0 Å². The van der Waals surface area contributed by atoms with Crippen LogP contribution in [-0.4, -0.2) is 28.2 Å². The first-order valence-corrected chi connectivity index (χ1v) is 8.95. The molecule has 8 nitrogen and oxygen atoms in total. The predicted molar refractivity (Wildman–Crippen MR) is 102 cm³/mol. The fourth-order valence-corrected chi connectivity index (χ4v) is 3.29. The lowest BCUT2D eigenvalue weighted by atomic mass is 9.87. The van der Waals surface area contributed by atoms with Crippen LogP contribution in [0.5, 0.6) is 0 Å². The number of carbonyl (C=O) groups is 1. The van der Waals surface area contributed by atoms with Crippen molar-refractivity contribution in [2.45, 2.75) is 18.8 Å². The Morgan fingerprint density at radius 1 is 1.13 bits per heavy atom. The maximum absolute atomic E-state index is 14.1. The molecular weight excluding hydrogens is 419 g/mol. The van der Waals surface area contributed by atoms with Gasteiger partial charge in [0.1, 0.15) is 5.82 Å². The topological polar surface area (TPSA) is 118 Å². The normalized spacial score (nSPS) is 11.9. The molecule has 1 aromatic heterocycles. The number of nitro benzene ring substituents is 1. The van der Waals surface area contributed by atoms with Crippen LogP contribution in [0.2, 0.25) is 0 Å². The van der Waals surface area contributed by atoms with Gasteiger partial charge in [0.15, 0.2) is 11.6 Å². The third kappa shape index (κ3) is 4.65. The average molecular weight is 435 g/mol. The number of non-ortho nitro benzene ring substituents is 1. The molecule has 0 radical (unpaired) electrons. The quantitative estimate of drug-likeness (QED) is 0.256. The third-order valence-electron chi connectivity index (χ3n) is 4.78. The number of esters is 1. The SMILES string of the molecule is COC(=O)CC(c1cccc([N+](=O)[O-])c1)c1c(Cc2cc(F)c(F)cc2F)[nH][nH]c1=O. The first kappa shape index (κ1) is 21.8. The van der Waals surface area contributed by atoms with Gasteiger partial charge < -0.3 is 9.84 Å². The Bertz CT molecular complexity index is 1210.